The molecule has 2 nitrogen and oxygen atoms in total. The maximum absolute atomic E-state index is 11.2. The molecule has 0 amide bonds. The zero-order chi connectivity index (χ0) is 31.7. The Morgan fingerprint density at radius 2 is 0.605 bits per heavy atom. The fourth-order valence-corrected chi connectivity index (χ4v) is 28.5. The highest BCUT2D eigenvalue weighted by Crippen LogP contribution is 2.63. The zero-order valence-corrected chi connectivity index (χ0v) is 36.2. The Labute approximate surface area is 257 Å². The van der Waals surface area contributed by atoms with Crippen LogP contribution in [0, 0.1) is 0 Å². The number of hydrogen-bond donors (Lipinski definition) is 1. The molecule has 0 aliphatic carbocycles. The van der Waals surface area contributed by atoms with Gasteiger partial charge >= 0.3 is 0 Å². The fourth-order valence-electron chi connectivity index (χ4n) is 7.67. The molecule has 0 radical (unpaired) electrons. The molecule has 0 fully saturated rings. The van der Waals surface area contributed by atoms with E-state index in [1.807, 2.05) is 0 Å². The first kappa shape index (κ1) is 46.3. The summed E-state index contributed by atoms with van der Waals surface area (Å²) >= 11 is 5.67. The molecule has 0 atom stereocenters. The predicted molar refractivity (Wildman–Crippen MR) is 193 cm³/mol. The van der Waals surface area contributed by atoms with Crippen LogP contribution in [0.25, 0.3) is 0 Å². The Morgan fingerprint density at radius 3 is 0.632 bits per heavy atom. The lowest BCUT2D eigenvalue weighted by molar-refractivity contribution is 0.363. The highest BCUT2D eigenvalue weighted by atomic mass is 35.6. The molecule has 1 N–H and O–H groups in total. The van der Waals surface area contributed by atoms with Gasteiger partial charge in [-0.3, -0.25) is 0 Å². The van der Waals surface area contributed by atoms with Gasteiger partial charge in [-0.15, -0.1) is 12.4 Å². The Morgan fingerprint density at radius 1 is 0.447 bits per heavy atom. The summed E-state index contributed by atoms with van der Waals surface area (Å²) in [6.07, 6.45) is 0. The second-order valence-electron chi connectivity index (χ2n) is 19.2. The van der Waals surface area contributed by atoms with E-state index in [1.54, 1.807) is 0 Å². The Bertz CT molecular complexity index is 606. The van der Waals surface area contributed by atoms with Crippen LogP contribution in [0.4, 0.5) is 0 Å². The Kier molecular flexibility index (Phi) is 16.8. The van der Waals surface area contributed by atoms with E-state index in [0.29, 0.717) is 0 Å². The van der Waals surface area contributed by atoms with Crippen LogP contribution in [-0.2, 0) is 4.12 Å². The monoisotopic (exact) mass is 648 g/mol. The van der Waals surface area contributed by atoms with Gasteiger partial charge in [0.15, 0.2) is 16.6 Å². The quantitative estimate of drug-likeness (QED) is 0.238. The Hall–Kier alpha value is 1.37. The normalized spacial score (nSPS) is 15.0. The summed E-state index contributed by atoms with van der Waals surface area (Å²) in [6, 6.07) is 0. The molecule has 0 saturated heterocycles. The minimum Gasteiger partial charge on any atom is -0.454 e. The van der Waals surface area contributed by atoms with Crippen molar-refractivity contribution < 1.29 is 8.91 Å². The van der Waals surface area contributed by atoms with Gasteiger partial charge in [0.25, 0.3) is 0 Å². The average molecular weight is 650 g/mol. The van der Waals surface area contributed by atoms with Crippen molar-refractivity contribution in [2.24, 2.45) is 0 Å². The van der Waals surface area contributed by atoms with Crippen LogP contribution >= 0.6 is 23.5 Å². The molecular weight excluding hydrogens is 576 g/mol. The molecule has 0 aromatic heterocycles. The summed E-state index contributed by atoms with van der Waals surface area (Å²) in [7, 11) is -7.03. The SMILES string of the molecule is CC(C)(C)[Si](O)(C(C)(C)C)C(C)(C)C.CC(C)(C)[Si](O[Si](C)(C)C)(C(C)(C)C)C(C)(C)C.C[Si](C)(C)Cl.Cl. The molecule has 8 heteroatoms. The number of hydrogen-bond acceptors (Lipinski definition) is 2. The van der Waals surface area contributed by atoms with Gasteiger partial charge in [0.05, 0.1) is 0 Å². The van der Waals surface area contributed by atoms with Gasteiger partial charge in [0.2, 0.25) is 8.32 Å². The molecule has 0 aliphatic rings. The summed E-state index contributed by atoms with van der Waals surface area (Å²) in [5.41, 5.74) is 0. The molecule has 0 heterocycles. The first-order chi connectivity index (χ1) is 15.2. The van der Waals surface area contributed by atoms with Crippen LogP contribution in [0.5, 0.6) is 0 Å². The maximum Gasteiger partial charge on any atom is 0.204 e. The van der Waals surface area contributed by atoms with E-state index >= 15 is 0 Å². The third kappa shape index (κ3) is 13.1. The summed E-state index contributed by atoms with van der Waals surface area (Å²) in [6.45, 7) is 54.3. The van der Waals surface area contributed by atoms with Gasteiger partial charge in [-0.2, -0.15) is 11.1 Å². The maximum atomic E-state index is 11.2. The summed E-state index contributed by atoms with van der Waals surface area (Å²) in [5.74, 6) is 0. The molecular formula is C30H74Cl2O2Si4. The van der Waals surface area contributed by atoms with Gasteiger partial charge in [-0.25, -0.2) is 0 Å². The van der Waals surface area contributed by atoms with Crippen LogP contribution in [-0.4, -0.2) is 37.1 Å². The molecule has 0 unspecified atom stereocenters. The highest BCUT2D eigenvalue weighted by Gasteiger charge is 2.63. The highest BCUT2D eigenvalue weighted by molar-refractivity contribution is 7.18. The van der Waals surface area contributed by atoms with Gasteiger partial charge in [0.1, 0.15) is 7.38 Å². The molecule has 0 bridgehead atoms. The van der Waals surface area contributed by atoms with E-state index in [0.717, 1.165) is 0 Å². The smallest absolute Gasteiger partial charge is 0.204 e. The lowest BCUT2D eigenvalue weighted by Crippen LogP contribution is -2.64. The first-order valence-electron chi connectivity index (χ1n) is 14.3. The van der Waals surface area contributed by atoms with Gasteiger partial charge in [0, 0.05) is 0 Å². The van der Waals surface area contributed by atoms with Crippen LogP contribution in [0.3, 0.4) is 0 Å². The van der Waals surface area contributed by atoms with E-state index in [-0.39, 0.29) is 42.6 Å². The third-order valence-corrected chi connectivity index (χ3v) is 23.4. The molecule has 0 spiro atoms. The van der Waals surface area contributed by atoms with Crippen molar-refractivity contribution in [3.8, 4) is 0 Å². The van der Waals surface area contributed by atoms with Crippen LogP contribution in [0.1, 0.15) is 125 Å². The van der Waals surface area contributed by atoms with Crippen LogP contribution in [0.2, 0.25) is 69.5 Å². The largest absolute Gasteiger partial charge is 0.454 e. The minimum atomic E-state index is -2.35. The van der Waals surface area contributed by atoms with E-state index < -0.39 is 32.3 Å². The van der Waals surface area contributed by atoms with Gasteiger partial charge in [-0.1, -0.05) is 144 Å². The standard InChI is InChI=1S/C15H36OSi2.C12H28OSi.C3H9ClSi.ClH/c1-13(2,3)18(14(4,5)6,15(7,8)9)16-17(10,11)12;1-10(2,3)14(13,11(4,5)6)12(7,8)9;1-5(2,3)4;/h1-12H3;13H,1-9H3;1-3H3;1H. The lowest BCUT2D eigenvalue weighted by Gasteiger charge is -2.60. The van der Waals surface area contributed by atoms with Crippen molar-refractivity contribution in [1.82, 2.24) is 0 Å². The van der Waals surface area contributed by atoms with E-state index in [9.17, 15) is 4.80 Å². The van der Waals surface area contributed by atoms with Gasteiger partial charge < -0.3 is 8.91 Å². The first-order valence-corrected chi connectivity index (χ1v) is 26.1. The van der Waals surface area contributed by atoms with Crippen molar-refractivity contribution >= 4 is 55.8 Å². The summed E-state index contributed by atoms with van der Waals surface area (Å²) in [5, 5.41) is 0.772. The fraction of sp³-hybridized carbons (Fsp3) is 1.00. The molecule has 236 valence electrons. The topological polar surface area (TPSA) is 29.5 Å². The van der Waals surface area contributed by atoms with Crippen molar-refractivity contribution in [3.63, 3.8) is 0 Å². The minimum absolute atomic E-state index is 0. The zero-order valence-electron chi connectivity index (χ0n) is 30.6. The summed E-state index contributed by atoms with van der Waals surface area (Å²) in [4.78, 5) is 11.2. The molecule has 0 rings (SSSR count). The summed E-state index contributed by atoms with van der Waals surface area (Å²) < 4.78 is 7.00. The Balaban J connectivity index is -0.000000257. The predicted octanol–water partition coefficient (Wildman–Crippen LogP) is 13.0. The van der Waals surface area contributed by atoms with Gasteiger partial charge in [-0.05, 0) is 49.9 Å². The molecule has 0 aliphatic heterocycles. The molecule has 0 aromatic rings. The number of rotatable bonds is 2. The van der Waals surface area contributed by atoms with Crippen LogP contribution < -0.4 is 0 Å². The molecule has 0 saturated carbocycles. The van der Waals surface area contributed by atoms with Crippen molar-refractivity contribution in [1.29, 1.82) is 0 Å². The van der Waals surface area contributed by atoms with Crippen molar-refractivity contribution in [2.75, 3.05) is 0 Å². The van der Waals surface area contributed by atoms with Crippen molar-refractivity contribution in [3.05, 3.63) is 0 Å². The third-order valence-electron chi connectivity index (χ3n) is 6.88. The second-order valence-corrected chi connectivity index (χ2v) is 43.5. The van der Waals surface area contributed by atoms with E-state index in [2.05, 4.69) is 164 Å². The molecule has 38 heavy (non-hydrogen) atoms. The van der Waals surface area contributed by atoms with Crippen molar-refractivity contribution in [2.45, 2.75) is 194 Å². The average Bonchev–Trinajstić information content (AvgIpc) is 2.42. The molecule has 0 aromatic carbocycles. The van der Waals surface area contributed by atoms with E-state index in [1.165, 1.54) is 0 Å². The van der Waals surface area contributed by atoms with Crippen LogP contribution in [0.15, 0.2) is 0 Å². The number of halogens is 2. The second kappa shape index (κ2) is 13.8. The lowest BCUT2D eigenvalue weighted by atomic mass is 10.2. The van der Waals surface area contributed by atoms with E-state index in [4.69, 9.17) is 15.2 Å².